The average Bonchev–Trinajstić information content (AvgIpc) is 3.21. The highest BCUT2D eigenvalue weighted by Crippen LogP contribution is 2.35. The highest BCUT2D eigenvalue weighted by atomic mass is 35.5. The Morgan fingerprint density at radius 1 is 0.917 bits per heavy atom. The summed E-state index contributed by atoms with van der Waals surface area (Å²) >= 11 is 7.27. The van der Waals surface area contributed by atoms with Crippen molar-refractivity contribution >= 4 is 22.9 Å². The number of aromatic nitrogens is 1. The average molecular weight is 526 g/mol. The first-order valence-corrected chi connectivity index (χ1v) is 13.1. The van der Waals surface area contributed by atoms with E-state index in [0.29, 0.717) is 34.4 Å². The minimum absolute atomic E-state index is 0.157. The number of ether oxygens (including phenoxy) is 3. The van der Waals surface area contributed by atoms with Crippen LogP contribution < -0.4 is 19.1 Å². The Hall–Kier alpha value is -3.42. The van der Waals surface area contributed by atoms with Gasteiger partial charge in [0.1, 0.15) is 23.0 Å². The van der Waals surface area contributed by atoms with Crippen LogP contribution in [0.1, 0.15) is 31.7 Å². The summed E-state index contributed by atoms with van der Waals surface area (Å²) in [6.45, 7) is 3.22. The van der Waals surface area contributed by atoms with Crippen LogP contribution in [0.15, 0.2) is 71.5 Å². The lowest BCUT2D eigenvalue weighted by Gasteiger charge is -2.14. The molecule has 6 nitrogen and oxygen atoms in total. The van der Waals surface area contributed by atoms with E-state index in [1.54, 1.807) is 18.2 Å². The van der Waals surface area contributed by atoms with Crippen molar-refractivity contribution in [2.45, 2.75) is 32.6 Å². The first kappa shape index (κ1) is 25.7. The maximum absolute atomic E-state index is 11.4. The van der Waals surface area contributed by atoms with Crippen molar-refractivity contribution in [1.82, 2.24) is 4.98 Å². The summed E-state index contributed by atoms with van der Waals surface area (Å²) in [6.07, 6.45) is 3.56. The Morgan fingerprint density at radius 2 is 1.64 bits per heavy atom. The van der Waals surface area contributed by atoms with Gasteiger partial charge in [-0.2, -0.15) is 0 Å². The zero-order valence-corrected chi connectivity index (χ0v) is 21.5. The van der Waals surface area contributed by atoms with E-state index in [4.69, 9.17) is 25.8 Å². The van der Waals surface area contributed by atoms with E-state index in [-0.39, 0.29) is 10.8 Å². The monoisotopic (exact) mass is 525 g/mol. The molecule has 3 aromatic carbocycles. The third-order valence-corrected chi connectivity index (χ3v) is 6.62. The molecule has 1 heterocycles. The van der Waals surface area contributed by atoms with E-state index in [1.165, 1.54) is 0 Å². The third-order valence-electron chi connectivity index (χ3n) is 5.41. The summed E-state index contributed by atoms with van der Waals surface area (Å²) in [5, 5.41) is 10.3. The van der Waals surface area contributed by atoms with Crippen molar-refractivity contribution in [2.75, 3.05) is 13.2 Å². The Bertz CT molecular complexity index is 1340. The highest BCUT2D eigenvalue weighted by molar-refractivity contribution is 7.13. The topological polar surface area (TPSA) is 80.8 Å². The number of aromatic hydroxyl groups is 1. The minimum Gasteiger partial charge on any atom is -0.493 e. The first-order valence-electron chi connectivity index (χ1n) is 11.9. The lowest BCUT2D eigenvalue weighted by molar-refractivity contribution is 0.265. The summed E-state index contributed by atoms with van der Waals surface area (Å²) in [5.41, 5.74) is 1.79. The van der Waals surface area contributed by atoms with Crippen LogP contribution in [0.5, 0.6) is 28.9 Å². The van der Waals surface area contributed by atoms with Crippen LogP contribution in [0.3, 0.4) is 0 Å². The molecule has 0 unspecified atom stereocenters. The van der Waals surface area contributed by atoms with Gasteiger partial charge in [-0.25, -0.2) is 0 Å². The second-order valence-electron chi connectivity index (χ2n) is 8.18. The number of nitrogens with one attached hydrogen (secondary N) is 1. The lowest BCUT2D eigenvalue weighted by Crippen LogP contribution is -2.04. The van der Waals surface area contributed by atoms with Crippen LogP contribution in [0, 0.1) is 0 Å². The molecule has 1 aromatic heterocycles. The number of halogens is 1. The van der Waals surface area contributed by atoms with Crippen LogP contribution in [0.25, 0.3) is 10.4 Å². The maximum Gasteiger partial charge on any atom is 0.307 e. The van der Waals surface area contributed by atoms with Gasteiger partial charge in [0.05, 0.1) is 23.1 Å². The number of aromatic amines is 1. The predicted molar refractivity (Wildman–Crippen MR) is 144 cm³/mol. The van der Waals surface area contributed by atoms with Crippen molar-refractivity contribution in [3.63, 3.8) is 0 Å². The van der Waals surface area contributed by atoms with Crippen LogP contribution in [-0.2, 0) is 6.42 Å². The van der Waals surface area contributed by atoms with Gasteiger partial charge in [0.15, 0.2) is 0 Å². The number of H-pyrrole nitrogens is 1. The SMILES string of the molecule is CCCc1cc(Oc2ccccc2)ccc1OCCCCOc1ccc(-c2sc(=O)[nH]c2O)cc1Cl. The fourth-order valence-corrected chi connectivity index (χ4v) is 4.65. The summed E-state index contributed by atoms with van der Waals surface area (Å²) < 4.78 is 17.8. The number of hydrogen-bond donors (Lipinski definition) is 2. The fourth-order valence-electron chi connectivity index (χ4n) is 3.69. The molecule has 36 heavy (non-hydrogen) atoms. The van der Waals surface area contributed by atoms with Crippen LogP contribution in [0.4, 0.5) is 0 Å². The maximum atomic E-state index is 11.4. The Balaban J connectivity index is 1.25. The molecule has 0 aliphatic rings. The quantitative estimate of drug-likeness (QED) is 0.188. The molecule has 0 aliphatic carbocycles. The van der Waals surface area contributed by atoms with Crippen molar-refractivity contribution in [3.05, 3.63) is 87.0 Å². The smallest absolute Gasteiger partial charge is 0.307 e. The third kappa shape index (κ3) is 6.83. The Labute approximate surface area is 219 Å². The minimum atomic E-state index is -0.320. The molecule has 0 saturated carbocycles. The lowest BCUT2D eigenvalue weighted by atomic mass is 10.1. The molecule has 4 aromatic rings. The Morgan fingerprint density at radius 3 is 2.31 bits per heavy atom. The van der Waals surface area contributed by atoms with Gasteiger partial charge in [0, 0.05) is 0 Å². The van der Waals surface area contributed by atoms with Gasteiger partial charge in [-0.15, -0.1) is 0 Å². The molecule has 0 radical (unpaired) electrons. The number of rotatable bonds is 12. The van der Waals surface area contributed by atoms with Crippen molar-refractivity contribution in [3.8, 4) is 39.3 Å². The number of benzene rings is 3. The number of thiazole rings is 1. The van der Waals surface area contributed by atoms with Crippen molar-refractivity contribution in [1.29, 1.82) is 0 Å². The number of para-hydroxylation sites is 1. The van der Waals surface area contributed by atoms with E-state index in [1.807, 2.05) is 48.5 Å². The van der Waals surface area contributed by atoms with Crippen LogP contribution in [0.2, 0.25) is 5.02 Å². The molecule has 0 aliphatic heterocycles. The van der Waals surface area contributed by atoms with Gasteiger partial charge >= 0.3 is 4.87 Å². The van der Waals surface area contributed by atoms with E-state index < -0.39 is 0 Å². The second-order valence-corrected chi connectivity index (χ2v) is 9.57. The van der Waals surface area contributed by atoms with E-state index in [2.05, 4.69) is 11.9 Å². The van der Waals surface area contributed by atoms with Crippen LogP contribution in [-0.4, -0.2) is 23.3 Å². The number of hydrogen-bond acceptors (Lipinski definition) is 6. The van der Waals surface area contributed by atoms with Gasteiger partial charge < -0.3 is 19.3 Å². The molecule has 8 heteroatoms. The standard InChI is InChI=1S/C28H28ClNO5S/c1-2-8-19-17-22(35-21-9-4-3-5-10-21)12-14-24(19)33-15-6-7-16-34-25-13-11-20(18-23(25)29)26-27(31)30-28(32)36-26/h3-5,9-14,17-18,31H,2,6-8,15-16H2,1H3,(H,30,32). The predicted octanol–water partition coefficient (Wildman–Crippen LogP) is 7.45. The molecular weight excluding hydrogens is 498 g/mol. The molecule has 0 fully saturated rings. The summed E-state index contributed by atoms with van der Waals surface area (Å²) in [6, 6.07) is 20.9. The summed E-state index contributed by atoms with van der Waals surface area (Å²) in [5.74, 6) is 2.89. The van der Waals surface area contributed by atoms with E-state index in [0.717, 1.165) is 59.8 Å². The normalized spacial score (nSPS) is 10.8. The number of unbranched alkanes of at least 4 members (excludes halogenated alkanes) is 1. The van der Waals surface area contributed by atoms with Gasteiger partial charge in [0.2, 0.25) is 5.88 Å². The molecule has 0 saturated heterocycles. The summed E-state index contributed by atoms with van der Waals surface area (Å²) in [4.78, 5) is 13.9. The molecule has 4 rings (SSSR count). The van der Waals surface area contributed by atoms with Crippen molar-refractivity contribution in [2.24, 2.45) is 0 Å². The van der Waals surface area contributed by atoms with Gasteiger partial charge in [-0.05, 0) is 78.9 Å². The molecular formula is C28H28ClNO5S. The van der Waals surface area contributed by atoms with Gasteiger partial charge in [-0.3, -0.25) is 9.78 Å². The van der Waals surface area contributed by atoms with Gasteiger partial charge in [-0.1, -0.05) is 54.5 Å². The molecule has 0 amide bonds. The first-order chi connectivity index (χ1) is 17.5. The Kier molecular flexibility index (Phi) is 8.92. The molecule has 0 bridgehead atoms. The highest BCUT2D eigenvalue weighted by Gasteiger charge is 2.12. The molecule has 188 valence electrons. The summed E-state index contributed by atoms with van der Waals surface area (Å²) in [7, 11) is 0. The van der Waals surface area contributed by atoms with E-state index >= 15 is 0 Å². The molecule has 0 spiro atoms. The largest absolute Gasteiger partial charge is 0.493 e. The van der Waals surface area contributed by atoms with Gasteiger partial charge in [0.25, 0.3) is 0 Å². The number of aryl methyl sites for hydroxylation is 1. The zero-order valence-electron chi connectivity index (χ0n) is 20.0. The van der Waals surface area contributed by atoms with Crippen LogP contribution >= 0.6 is 22.9 Å². The zero-order chi connectivity index (χ0) is 25.3. The molecule has 2 N–H and O–H groups in total. The fraction of sp³-hybridized carbons (Fsp3) is 0.250. The molecule has 0 atom stereocenters. The van der Waals surface area contributed by atoms with Crippen molar-refractivity contribution < 1.29 is 19.3 Å². The van der Waals surface area contributed by atoms with E-state index in [9.17, 15) is 9.90 Å². The second kappa shape index (κ2) is 12.5.